The zero-order valence-electron chi connectivity index (χ0n) is 11.2. The summed E-state index contributed by atoms with van der Waals surface area (Å²) >= 11 is 0. The number of anilines is 1. The highest BCUT2D eigenvalue weighted by Crippen LogP contribution is 2.34. The van der Waals surface area contributed by atoms with Crippen LogP contribution in [0.2, 0.25) is 0 Å². The van der Waals surface area contributed by atoms with Crippen LogP contribution in [-0.4, -0.2) is 12.2 Å². The van der Waals surface area contributed by atoms with E-state index in [9.17, 15) is 14.3 Å². The van der Waals surface area contributed by atoms with Crippen LogP contribution in [-0.2, 0) is 0 Å². The number of hydrogen-bond donors (Lipinski definition) is 2. The Kier molecular flexibility index (Phi) is 3.10. The summed E-state index contributed by atoms with van der Waals surface area (Å²) in [6.45, 7) is 0. The number of halogens is 1. The summed E-state index contributed by atoms with van der Waals surface area (Å²) in [7, 11) is 1.57. The van der Waals surface area contributed by atoms with Crippen LogP contribution in [0, 0.1) is 5.82 Å². The molecule has 1 heterocycles. The molecule has 4 nitrogen and oxygen atoms in total. The molecule has 0 unspecified atom stereocenters. The molecule has 0 spiro atoms. The molecular weight excluding hydrogens is 273 g/mol. The number of para-hydroxylation sites is 1. The third-order valence-electron chi connectivity index (χ3n) is 3.31. The van der Waals surface area contributed by atoms with Crippen LogP contribution in [0.5, 0.6) is 5.75 Å². The summed E-state index contributed by atoms with van der Waals surface area (Å²) in [6, 6.07) is 10.8. The van der Waals surface area contributed by atoms with Gasteiger partial charge in [0.05, 0.1) is 11.1 Å². The third kappa shape index (κ3) is 2.12. The first-order chi connectivity index (χ1) is 10.1. The van der Waals surface area contributed by atoms with Crippen LogP contribution >= 0.6 is 0 Å². The van der Waals surface area contributed by atoms with E-state index in [1.807, 2.05) is 0 Å². The maximum atomic E-state index is 13.5. The summed E-state index contributed by atoms with van der Waals surface area (Å²) in [5, 5.41) is 13.5. The lowest BCUT2D eigenvalue weighted by molar-refractivity contribution is 0.471. The van der Waals surface area contributed by atoms with Crippen molar-refractivity contribution >= 4 is 16.7 Å². The normalized spacial score (nSPS) is 10.8. The number of hydrogen-bond acceptors (Lipinski definition) is 4. The summed E-state index contributed by atoms with van der Waals surface area (Å²) in [5.74, 6) is -0.610. The van der Waals surface area contributed by atoms with Crippen molar-refractivity contribution in [3.8, 4) is 16.9 Å². The van der Waals surface area contributed by atoms with Crippen LogP contribution in [0.25, 0.3) is 22.1 Å². The Balaban J connectivity index is 2.32. The van der Waals surface area contributed by atoms with E-state index in [2.05, 4.69) is 5.32 Å². The van der Waals surface area contributed by atoms with E-state index in [0.29, 0.717) is 16.5 Å². The van der Waals surface area contributed by atoms with Crippen molar-refractivity contribution < 1.29 is 13.9 Å². The van der Waals surface area contributed by atoms with Crippen molar-refractivity contribution in [2.75, 3.05) is 12.4 Å². The van der Waals surface area contributed by atoms with E-state index in [0.717, 1.165) is 0 Å². The maximum Gasteiger partial charge on any atom is 0.347 e. The van der Waals surface area contributed by atoms with Crippen LogP contribution in [0.1, 0.15) is 0 Å². The van der Waals surface area contributed by atoms with Crippen molar-refractivity contribution in [3.63, 3.8) is 0 Å². The number of fused-ring (bicyclic) bond motifs is 1. The van der Waals surface area contributed by atoms with Crippen molar-refractivity contribution in [1.82, 2.24) is 0 Å². The van der Waals surface area contributed by atoms with E-state index in [-0.39, 0.29) is 17.0 Å². The van der Waals surface area contributed by atoms with E-state index in [1.54, 1.807) is 31.3 Å². The monoisotopic (exact) mass is 285 g/mol. The summed E-state index contributed by atoms with van der Waals surface area (Å²) in [5.41, 5.74) is 0.280. The van der Waals surface area contributed by atoms with Crippen LogP contribution in [0.4, 0.5) is 10.1 Å². The fraction of sp³-hybridized carbons (Fsp3) is 0.0625. The average molecular weight is 285 g/mol. The Morgan fingerprint density at radius 3 is 2.71 bits per heavy atom. The Morgan fingerprint density at radius 1 is 1.19 bits per heavy atom. The minimum atomic E-state index is -0.667. The lowest BCUT2D eigenvalue weighted by Gasteiger charge is -2.08. The van der Waals surface area contributed by atoms with Gasteiger partial charge in [-0.2, -0.15) is 0 Å². The molecule has 3 rings (SSSR count). The molecule has 0 fully saturated rings. The summed E-state index contributed by atoms with van der Waals surface area (Å²) in [6.07, 6.45) is 0. The standard InChI is InChI=1S/C16H12FNO3/c1-18-12-8-9(6-7-11(12)17)14-15(19)10-4-2-3-5-13(10)21-16(14)20/h2-8,18-19H,1H3. The SMILES string of the molecule is CNc1cc(-c2c(O)c3ccccc3oc2=O)ccc1F. The highest BCUT2D eigenvalue weighted by atomic mass is 19.1. The quantitative estimate of drug-likeness (QED) is 0.709. The van der Waals surface area contributed by atoms with Gasteiger partial charge < -0.3 is 14.8 Å². The molecule has 0 saturated carbocycles. The van der Waals surface area contributed by atoms with E-state index < -0.39 is 11.4 Å². The fourth-order valence-electron chi connectivity index (χ4n) is 2.26. The molecule has 0 aliphatic heterocycles. The highest BCUT2D eigenvalue weighted by molar-refractivity contribution is 5.90. The molecule has 2 N–H and O–H groups in total. The molecule has 0 atom stereocenters. The van der Waals surface area contributed by atoms with Crippen LogP contribution < -0.4 is 10.9 Å². The smallest absolute Gasteiger partial charge is 0.347 e. The largest absolute Gasteiger partial charge is 0.506 e. The number of rotatable bonds is 2. The molecule has 0 radical (unpaired) electrons. The van der Waals surface area contributed by atoms with Gasteiger partial charge in [0.1, 0.15) is 22.7 Å². The molecule has 0 aliphatic carbocycles. The van der Waals surface area contributed by atoms with E-state index >= 15 is 0 Å². The van der Waals surface area contributed by atoms with Gasteiger partial charge in [0.2, 0.25) is 0 Å². The van der Waals surface area contributed by atoms with Gasteiger partial charge in [-0.3, -0.25) is 0 Å². The van der Waals surface area contributed by atoms with Gasteiger partial charge >= 0.3 is 5.63 Å². The number of nitrogens with one attached hydrogen (secondary N) is 1. The molecule has 5 heteroatoms. The van der Waals surface area contributed by atoms with Crippen molar-refractivity contribution in [1.29, 1.82) is 0 Å². The molecule has 0 saturated heterocycles. The molecule has 0 amide bonds. The summed E-state index contributed by atoms with van der Waals surface area (Å²) < 4.78 is 18.7. The van der Waals surface area contributed by atoms with Gasteiger partial charge in [0.15, 0.2) is 0 Å². The predicted octanol–water partition coefficient (Wildman–Crippen LogP) is 3.35. The Bertz CT molecular complexity index is 886. The lowest BCUT2D eigenvalue weighted by Crippen LogP contribution is -2.04. The number of aromatic hydroxyl groups is 1. The second kappa shape index (κ2) is 4.94. The first-order valence-corrected chi connectivity index (χ1v) is 6.34. The molecule has 3 aromatic rings. The molecule has 2 aromatic carbocycles. The van der Waals surface area contributed by atoms with Crippen LogP contribution in [0.3, 0.4) is 0 Å². The first-order valence-electron chi connectivity index (χ1n) is 6.34. The Labute approximate surface area is 119 Å². The average Bonchev–Trinajstić information content (AvgIpc) is 2.49. The number of benzene rings is 2. The molecule has 106 valence electrons. The zero-order chi connectivity index (χ0) is 15.0. The molecule has 1 aromatic heterocycles. The van der Waals surface area contributed by atoms with Gasteiger partial charge in [-0.1, -0.05) is 18.2 Å². The predicted molar refractivity (Wildman–Crippen MR) is 79.1 cm³/mol. The second-order valence-electron chi connectivity index (χ2n) is 4.55. The molecule has 0 bridgehead atoms. The molecule has 0 aliphatic rings. The molecular formula is C16H12FNO3. The highest BCUT2D eigenvalue weighted by Gasteiger charge is 2.16. The fourth-order valence-corrected chi connectivity index (χ4v) is 2.26. The minimum Gasteiger partial charge on any atom is -0.506 e. The van der Waals surface area contributed by atoms with Crippen molar-refractivity contribution in [3.05, 3.63) is 58.7 Å². The Hall–Kier alpha value is -2.82. The van der Waals surface area contributed by atoms with Gasteiger partial charge in [-0.25, -0.2) is 9.18 Å². The van der Waals surface area contributed by atoms with E-state index in [4.69, 9.17) is 4.42 Å². The Morgan fingerprint density at radius 2 is 1.95 bits per heavy atom. The van der Waals surface area contributed by atoms with Gasteiger partial charge in [-0.15, -0.1) is 0 Å². The molecule has 21 heavy (non-hydrogen) atoms. The lowest BCUT2D eigenvalue weighted by atomic mass is 10.0. The topological polar surface area (TPSA) is 62.5 Å². The minimum absolute atomic E-state index is 0.0187. The zero-order valence-corrected chi connectivity index (χ0v) is 11.2. The maximum absolute atomic E-state index is 13.5. The van der Waals surface area contributed by atoms with Gasteiger partial charge in [0, 0.05) is 7.05 Å². The summed E-state index contributed by atoms with van der Waals surface area (Å²) in [4.78, 5) is 12.1. The van der Waals surface area contributed by atoms with Crippen molar-refractivity contribution in [2.45, 2.75) is 0 Å². The van der Waals surface area contributed by atoms with Gasteiger partial charge in [-0.05, 0) is 29.8 Å². The van der Waals surface area contributed by atoms with E-state index in [1.165, 1.54) is 18.2 Å². The van der Waals surface area contributed by atoms with Crippen molar-refractivity contribution in [2.24, 2.45) is 0 Å². The van der Waals surface area contributed by atoms with Crippen LogP contribution in [0.15, 0.2) is 51.7 Å². The first kappa shape index (κ1) is 13.2. The second-order valence-corrected chi connectivity index (χ2v) is 4.55. The third-order valence-corrected chi connectivity index (χ3v) is 3.31. The van der Waals surface area contributed by atoms with Gasteiger partial charge in [0.25, 0.3) is 0 Å².